The van der Waals surface area contributed by atoms with E-state index in [4.69, 9.17) is 35.5 Å². The number of methoxy groups -OCH3 is 1. The number of esters is 1. The Morgan fingerprint density at radius 3 is 2.80 bits per heavy atom. The second-order valence-corrected chi connectivity index (χ2v) is 9.70. The highest BCUT2D eigenvalue weighted by molar-refractivity contribution is 6.34. The van der Waals surface area contributed by atoms with Gasteiger partial charge in [0.05, 0.1) is 42.7 Å². The molecule has 0 spiro atoms. The van der Waals surface area contributed by atoms with Gasteiger partial charge < -0.3 is 23.8 Å². The number of benzene rings is 2. The van der Waals surface area contributed by atoms with Gasteiger partial charge in [-0.25, -0.2) is 0 Å². The van der Waals surface area contributed by atoms with Crippen LogP contribution in [0.5, 0.6) is 17.2 Å². The van der Waals surface area contributed by atoms with E-state index >= 15 is 0 Å². The number of carbonyl (C=O) groups is 1. The third kappa shape index (κ3) is 4.42. The van der Waals surface area contributed by atoms with Crippen LogP contribution in [-0.2, 0) is 9.53 Å². The van der Waals surface area contributed by atoms with Gasteiger partial charge in [0.2, 0.25) is 0 Å². The normalized spacial score (nSPS) is 22.7. The van der Waals surface area contributed by atoms with Crippen molar-refractivity contribution in [3.63, 3.8) is 0 Å². The molecule has 0 N–H and O–H groups in total. The first-order valence-electron chi connectivity index (χ1n) is 12.2. The molecule has 5 rings (SSSR count). The van der Waals surface area contributed by atoms with Gasteiger partial charge in [0.15, 0.2) is 11.5 Å². The Labute approximate surface area is 211 Å². The highest BCUT2D eigenvalue weighted by Crippen LogP contribution is 2.47. The number of carbonyl (C=O) groups excluding carboxylic acids is 1. The van der Waals surface area contributed by atoms with Crippen LogP contribution in [0.2, 0.25) is 5.02 Å². The molecule has 0 radical (unpaired) electrons. The lowest BCUT2D eigenvalue weighted by Gasteiger charge is -2.39. The summed E-state index contributed by atoms with van der Waals surface area (Å²) in [5, 5.41) is 0.641. The van der Waals surface area contributed by atoms with E-state index in [1.54, 1.807) is 7.11 Å². The molecular formula is C27H31ClN2O5. The van der Waals surface area contributed by atoms with Crippen LogP contribution in [0.3, 0.4) is 0 Å². The molecule has 2 aromatic carbocycles. The number of aliphatic imine (C=N–C) groups is 1. The fraction of sp³-hybridized carbons (Fsp3) is 0.481. The molecule has 8 heteroatoms. The van der Waals surface area contributed by atoms with Crippen molar-refractivity contribution in [3.05, 3.63) is 46.0 Å². The zero-order chi connectivity index (χ0) is 24.7. The first kappa shape index (κ1) is 23.8. The van der Waals surface area contributed by atoms with Crippen molar-refractivity contribution in [2.45, 2.75) is 51.2 Å². The molecule has 186 valence electrons. The van der Waals surface area contributed by atoms with Crippen LogP contribution in [0, 0.1) is 0 Å². The van der Waals surface area contributed by atoms with Crippen LogP contribution in [0.15, 0.2) is 29.3 Å². The summed E-state index contributed by atoms with van der Waals surface area (Å²) < 4.78 is 23.2. The van der Waals surface area contributed by atoms with E-state index in [1.165, 1.54) is 6.92 Å². The standard InChI is InChI=1S/C27H31ClN2O5/c1-5-33-24-13-18-19-12-17(35-15(2)31)6-7-22(19)29-26(20(18)14-23(24)32-4)16-10-21(28)27-25(11-16)34-9-8-30(27)3/h10-11,13-14,17,19,22H,5-9,12H2,1-4H3. The Balaban J connectivity index is 1.63. The van der Waals surface area contributed by atoms with E-state index in [-0.39, 0.29) is 24.0 Å². The summed E-state index contributed by atoms with van der Waals surface area (Å²) in [6.45, 7) is 5.36. The predicted octanol–water partition coefficient (Wildman–Crippen LogP) is 4.99. The lowest BCUT2D eigenvalue weighted by molar-refractivity contribution is -0.148. The van der Waals surface area contributed by atoms with E-state index in [0.717, 1.165) is 59.6 Å². The molecule has 0 aromatic heterocycles. The van der Waals surface area contributed by atoms with Crippen LogP contribution in [0.1, 0.15) is 55.7 Å². The zero-order valence-electron chi connectivity index (χ0n) is 20.6. The molecule has 0 bridgehead atoms. The van der Waals surface area contributed by atoms with Crippen molar-refractivity contribution >= 4 is 29.0 Å². The topological polar surface area (TPSA) is 69.6 Å². The molecule has 7 nitrogen and oxygen atoms in total. The fourth-order valence-corrected chi connectivity index (χ4v) is 5.88. The van der Waals surface area contributed by atoms with Crippen molar-refractivity contribution in [3.8, 4) is 17.2 Å². The van der Waals surface area contributed by atoms with Gasteiger partial charge in [-0.2, -0.15) is 0 Å². The number of hydrogen-bond donors (Lipinski definition) is 0. The average molecular weight is 499 g/mol. The molecule has 0 saturated heterocycles. The van der Waals surface area contributed by atoms with E-state index in [1.807, 2.05) is 32.2 Å². The highest BCUT2D eigenvalue weighted by Gasteiger charge is 2.39. The number of fused-ring (bicyclic) bond motifs is 4. The molecule has 2 aliphatic heterocycles. The molecule has 1 aliphatic carbocycles. The van der Waals surface area contributed by atoms with E-state index < -0.39 is 0 Å². The van der Waals surface area contributed by atoms with Crippen molar-refractivity contribution in [2.24, 2.45) is 4.99 Å². The first-order chi connectivity index (χ1) is 16.9. The number of halogens is 1. The maximum Gasteiger partial charge on any atom is 0.302 e. The summed E-state index contributed by atoms with van der Waals surface area (Å²) in [5.74, 6) is 2.00. The third-order valence-corrected chi connectivity index (χ3v) is 7.34. The number of rotatable bonds is 5. The Morgan fingerprint density at radius 2 is 2.06 bits per heavy atom. The van der Waals surface area contributed by atoms with Gasteiger partial charge >= 0.3 is 5.97 Å². The van der Waals surface area contributed by atoms with Crippen molar-refractivity contribution in [1.82, 2.24) is 0 Å². The molecule has 3 aliphatic rings. The van der Waals surface area contributed by atoms with E-state index in [0.29, 0.717) is 29.7 Å². The van der Waals surface area contributed by atoms with Crippen LogP contribution in [0.4, 0.5) is 5.69 Å². The van der Waals surface area contributed by atoms with Gasteiger partial charge in [0.25, 0.3) is 0 Å². The summed E-state index contributed by atoms with van der Waals surface area (Å²) in [6.07, 6.45) is 2.24. The lowest BCUT2D eigenvalue weighted by atomic mass is 9.74. The minimum absolute atomic E-state index is 0.0746. The number of hydrogen-bond acceptors (Lipinski definition) is 7. The minimum Gasteiger partial charge on any atom is -0.493 e. The quantitative estimate of drug-likeness (QED) is 0.541. The molecular weight excluding hydrogens is 468 g/mol. The number of nitrogens with zero attached hydrogens (tertiary/aromatic N) is 2. The second kappa shape index (κ2) is 9.61. The van der Waals surface area contributed by atoms with Crippen LogP contribution in [-0.4, -0.2) is 57.7 Å². The van der Waals surface area contributed by atoms with Gasteiger partial charge in [-0.15, -0.1) is 0 Å². The summed E-state index contributed by atoms with van der Waals surface area (Å²) in [5.41, 5.74) is 4.80. The Kier molecular flexibility index (Phi) is 6.53. The van der Waals surface area contributed by atoms with Crippen LogP contribution < -0.4 is 19.1 Å². The largest absolute Gasteiger partial charge is 0.493 e. The Hall–Kier alpha value is -2.93. The minimum atomic E-state index is -0.243. The summed E-state index contributed by atoms with van der Waals surface area (Å²) >= 11 is 6.75. The molecule has 2 aromatic rings. The van der Waals surface area contributed by atoms with E-state index in [9.17, 15) is 4.79 Å². The van der Waals surface area contributed by atoms with Crippen molar-refractivity contribution in [1.29, 1.82) is 0 Å². The van der Waals surface area contributed by atoms with Crippen LogP contribution in [0.25, 0.3) is 0 Å². The SMILES string of the molecule is CCOc1cc2c(cc1OC)C(c1cc(Cl)c3c(c1)OCCN3C)=NC1CCC(OC(C)=O)CC21. The third-order valence-electron chi connectivity index (χ3n) is 7.05. The lowest BCUT2D eigenvalue weighted by Crippen LogP contribution is -2.36. The van der Waals surface area contributed by atoms with Gasteiger partial charge in [0, 0.05) is 31.0 Å². The number of likely N-dealkylation sites (N-methyl/N-ethyl adjacent to an activating group) is 1. The summed E-state index contributed by atoms with van der Waals surface area (Å²) in [4.78, 5) is 19.0. The smallest absolute Gasteiger partial charge is 0.302 e. The molecule has 35 heavy (non-hydrogen) atoms. The Bertz CT molecular complexity index is 1180. The van der Waals surface area contributed by atoms with Gasteiger partial charge in [-0.3, -0.25) is 9.79 Å². The Morgan fingerprint density at radius 1 is 1.23 bits per heavy atom. The molecule has 0 amide bonds. The summed E-state index contributed by atoms with van der Waals surface area (Å²) in [7, 11) is 3.66. The average Bonchev–Trinajstić information content (AvgIpc) is 2.83. The van der Waals surface area contributed by atoms with Gasteiger partial charge in [-0.05, 0) is 56.0 Å². The molecule has 3 atom stereocenters. The molecule has 1 saturated carbocycles. The van der Waals surface area contributed by atoms with Crippen molar-refractivity contribution < 1.29 is 23.7 Å². The number of anilines is 1. The molecule has 1 fully saturated rings. The van der Waals surface area contributed by atoms with Crippen LogP contribution >= 0.6 is 11.6 Å². The zero-order valence-corrected chi connectivity index (χ0v) is 21.4. The number of ether oxygens (including phenoxy) is 4. The van der Waals surface area contributed by atoms with Gasteiger partial charge in [-0.1, -0.05) is 11.6 Å². The highest BCUT2D eigenvalue weighted by atomic mass is 35.5. The van der Waals surface area contributed by atoms with Crippen molar-refractivity contribution in [2.75, 3.05) is 38.8 Å². The maximum absolute atomic E-state index is 11.6. The van der Waals surface area contributed by atoms with Gasteiger partial charge in [0.1, 0.15) is 18.5 Å². The monoisotopic (exact) mass is 498 g/mol. The van der Waals surface area contributed by atoms with E-state index in [2.05, 4.69) is 11.0 Å². The fourth-order valence-electron chi connectivity index (χ4n) is 5.52. The molecule has 2 heterocycles. The maximum atomic E-state index is 11.6. The first-order valence-corrected chi connectivity index (χ1v) is 12.5. The predicted molar refractivity (Wildman–Crippen MR) is 136 cm³/mol. The summed E-state index contributed by atoms with van der Waals surface area (Å²) in [6, 6.07) is 8.16. The molecule has 3 unspecified atom stereocenters. The second-order valence-electron chi connectivity index (χ2n) is 9.29.